The first-order valence-corrected chi connectivity index (χ1v) is 7.39. The maximum absolute atomic E-state index is 11.9. The van der Waals surface area contributed by atoms with Gasteiger partial charge >= 0.3 is 5.97 Å². The first-order valence-electron chi connectivity index (χ1n) is 5.57. The molecule has 0 saturated heterocycles. The molecule has 0 fully saturated rings. The zero-order valence-corrected chi connectivity index (χ0v) is 11.7. The second kappa shape index (κ2) is 6.42. The van der Waals surface area contributed by atoms with Crippen LogP contribution in [0.4, 0.5) is 5.69 Å². The molecule has 0 amide bonds. The Labute approximate surface area is 112 Å². The molecule has 0 unspecified atom stereocenters. The largest absolute Gasteiger partial charge is 0.496 e. The lowest BCUT2D eigenvalue weighted by Gasteiger charge is -2.09. The van der Waals surface area contributed by atoms with Crippen LogP contribution in [0, 0.1) is 0 Å². The lowest BCUT2D eigenvalue weighted by Crippen LogP contribution is -2.14. The molecule has 2 N–H and O–H groups in total. The molecular formula is C12H17NO5S. The number of anilines is 1. The van der Waals surface area contributed by atoms with Gasteiger partial charge in [0.2, 0.25) is 0 Å². The van der Waals surface area contributed by atoms with Gasteiger partial charge in [-0.05, 0) is 18.2 Å². The number of hydrogen-bond donors (Lipinski definition) is 1. The Hall–Kier alpha value is -1.76. The summed E-state index contributed by atoms with van der Waals surface area (Å²) in [6.07, 6.45) is -0.163. The summed E-state index contributed by atoms with van der Waals surface area (Å²) >= 11 is 0. The summed E-state index contributed by atoms with van der Waals surface area (Å²) in [4.78, 5) is 11.0. The zero-order chi connectivity index (χ0) is 14.5. The van der Waals surface area contributed by atoms with Crippen LogP contribution in [0.1, 0.15) is 12.0 Å². The van der Waals surface area contributed by atoms with Gasteiger partial charge in [0.1, 0.15) is 5.75 Å². The van der Waals surface area contributed by atoms with Gasteiger partial charge in [-0.3, -0.25) is 4.79 Å². The van der Waals surface area contributed by atoms with E-state index >= 15 is 0 Å². The Morgan fingerprint density at radius 2 is 2.00 bits per heavy atom. The topological polar surface area (TPSA) is 95.7 Å². The highest BCUT2D eigenvalue weighted by molar-refractivity contribution is 7.90. The Morgan fingerprint density at radius 1 is 1.32 bits per heavy atom. The summed E-state index contributed by atoms with van der Waals surface area (Å²) in [5.41, 5.74) is 6.56. The van der Waals surface area contributed by atoms with Crippen LogP contribution in [0.5, 0.6) is 5.75 Å². The minimum atomic E-state index is -3.43. The van der Waals surface area contributed by atoms with Crippen molar-refractivity contribution in [3.63, 3.8) is 0 Å². The molecule has 19 heavy (non-hydrogen) atoms. The molecule has 0 aromatic heterocycles. The van der Waals surface area contributed by atoms with E-state index < -0.39 is 15.8 Å². The van der Waals surface area contributed by atoms with Crippen molar-refractivity contribution in [2.24, 2.45) is 0 Å². The maximum Gasteiger partial charge on any atom is 0.306 e. The fourth-order valence-electron chi connectivity index (χ4n) is 1.56. The summed E-state index contributed by atoms with van der Waals surface area (Å²) in [7, 11) is -0.753. The Bertz CT molecular complexity index is 553. The number of carbonyl (C=O) groups excluding carboxylic acids is 1. The van der Waals surface area contributed by atoms with Crippen LogP contribution in [0.2, 0.25) is 0 Å². The second-order valence-corrected chi connectivity index (χ2v) is 6.17. The van der Waals surface area contributed by atoms with Crippen LogP contribution >= 0.6 is 0 Å². The number of sulfone groups is 1. The number of carbonyl (C=O) groups is 1. The molecule has 0 aliphatic rings. The SMILES string of the molecule is COC(=O)CCS(=O)(=O)Cc1cc(N)ccc1OC. The number of hydrogen-bond acceptors (Lipinski definition) is 6. The number of benzene rings is 1. The summed E-state index contributed by atoms with van der Waals surface area (Å²) in [5.74, 6) is -0.588. The molecule has 0 heterocycles. The number of nitrogens with two attached hydrogens (primary N) is 1. The highest BCUT2D eigenvalue weighted by atomic mass is 32.2. The van der Waals surface area contributed by atoms with Gasteiger partial charge in [0.15, 0.2) is 9.84 Å². The number of esters is 1. The summed E-state index contributed by atoms with van der Waals surface area (Å²) in [6.45, 7) is 0. The van der Waals surface area contributed by atoms with E-state index in [0.29, 0.717) is 17.0 Å². The van der Waals surface area contributed by atoms with E-state index in [1.165, 1.54) is 14.2 Å². The molecular weight excluding hydrogens is 270 g/mol. The van der Waals surface area contributed by atoms with Crippen LogP contribution in [-0.4, -0.2) is 34.4 Å². The molecule has 1 aromatic rings. The van der Waals surface area contributed by atoms with Crippen molar-refractivity contribution in [3.8, 4) is 5.75 Å². The van der Waals surface area contributed by atoms with Crippen LogP contribution in [0.3, 0.4) is 0 Å². The van der Waals surface area contributed by atoms with E-state index in [4.69, 9.17) is 10.5 Å². The minimum Gasteiger partial charge on any atom is -0.496 e. The Morgan fingerprint density at radius 3 is 2.58 bits per heavy atom. The second-order valence-electron chi connectivity index (χ2n) is 3.99. The quantitative estimate of drug-likeness (QED) is 0.613. The van der Waals surface area contributed by atoms with Gasteiger partial charge in [0.05, 0.1) is 32.1 Å². The van der Waals surface area contributed by atoms with E-state index in [0.717, 1.165) is 0 Å². The first-order chi connectivity index (χ1) is 8.88. The normalized spacial score (nSPS) is 11.1. The molecule has 0 aliphatic carbocycles. The average Bonchev–Trinajstić information content (AvgIpc) is 2.36. The van der Waals surface area contributed by atoms with Gasteiger partial charge in [-0.1, -0.05) is 0 Å². The maximum atomic E-state index is 11.9. The Balaban J connectivity index is 2.83. The first kappa shape index (κ1) is 15.3. The highest BCUT2D eigenvalue weighted by Crippen LogP contribution is 2.23. The third kappa shape index (κ3) is 4.78. The lowest BCUT2D eigenvalue weighted by atomic mass is 10.2. The van der Waals surface area contributed by atoms with Crippen molar-refractivity contribution in [2.45, 2.75) is 12.2 Å². The molecule has 0 saturated carbocycles. The van der Waals surface area contributed by atoms with Crippen molar-refractivity contribution in [1.29, 1.82) is 0 Å². The minimum absolute atomic E-state index is 0.163. The van der Waals surface area contributed by atoms with Crippen molar-refractivity contribution < 1.29 is 22.7 Å². The molecule has 0 radical (unpaired) electrons. The van der Waals surface area contributed by atoms with E-state index in [1.54, 1.807) is 18.2 Å². The highest BCUT2D eigenvalue weighted by Gasteiger charge is 2.17. The lowest BCUT2D eigenvalue weighted by molar-refractivity contribution is -0.140. The van der Waals surface area contributed by atoms with E-state index in [-0.39, 0.29) is 17.9 Å². The van der Waals surface area contributed by atoms with Gasteiger partial charge in [-0.2, -0.15) is 0 Å². The third-order valence-electron chi connectivity index (χ3n) is 2.52. The fourth-order valence-corrected chi connectivity index (χ4v) is 2.88. The average molecular weight is 287 g/mol. The van der Waals surface area contributed by atoms with Gasteiger partial charge in [-0.15, -0.1) is 0 Å². The predicted molar refractivity (Wildman–Crippen MR) is 71.5 cm³/mol. The van der Waals surface area contributed by atoms with Gasteiger partial charge in [0, 0.05) is 11.3 Å². The zero-order valence-electron chi connectivity index (χ0n) is 10.9. The van der Waals surface area contributed by atoms with Crippen LogP contribution in [0.15, 0.2) is 18.2 Å². The van der Waals surface area contributed by atoms with E-state index in [1.807, 2.05) is 0 Å². The number of methoxy groups -OCH3 is 2. The fraction of sp³-hybridized carbons (Fsp3) is 0.417. The van der Waals surface area contributed by atoms with Crippen LogP contribution < -0.4 is 10.5 Å². The van der Waals surface area contributed by atoms with Gasteiger partial charge in [-0.25, -0.2) is 8.42 Å². The van der Waals surface area contributed by atoms with E-state index in [2.05, 4.69) is 4.74 Å². The summed E-state index contributed by atoms with van der Waals surface area (Å²) in [5, 5.41) is 0. The van der Waals surface area contributed by atoms with Gasteiger partial charge in [0.25, 0.3) is 0 Å². The Kier molecular flexibility index (Phi) is 5.17. The van der Waals surface area contributed by atoms with Crippen molar-refractivity contribution in [3.05, 3.63) is 23.8 Å². The smallest absolute Gasteiger partial charge is 0.306 e. The molecule has 0 spiro atoms. The molecule has 106 valence electrons. The molecule has 0 aliphatic heterocycles. The molecule has 0 atom stereocenters. The van der Waals surface area contributed by atoms with Gasteiger partial charge < -0.3 is 15.2 Å². The number of nitrogen functional groups attached to an aromatic ring is 1. The standard InChI is InChI=1S/C12H17NO5S/c1-17-11-4-3-10(13)7-9(11)8-19(15,16)6-5-12(14)18-2/h3-4,7H,5-6,8,13H2,1-2H3. The molecule has 7 heteroatoms. The van der Waals surface area contributed by atoms with E-state index in [9.17, 15) is 13.2 Å². The number of ether oxygens (including phenoxy) is 2. The molecule has 6 nitrogen and oxygen atoms in total. The monoisotopic (exact) mass is 287 g/mol. The summed E-state index contributed by atoms with van der Waals surface area (Å²) in [6, 6.07) is 4.79. The third-order valence-corrected chi connectivity index (χ3v) is 4.10. The molecule has 1 aromatic carbocycles. The van der Waals surface area contributed by atoms with Crippen molar-refractivity contribution in [1.82, 2.24) is 0 Å². The number of rotatable bonds is 6. The van der Waals surface area contributed by atoms with Crippen molar-refractivity contribution in [2.75, 3.05) is 25.7 Å². The molecule has 0 bridgehead atoms. The summed E-state index contributed by atoms with van der Waals surface area (Å²) < 4.78 is 33.3. The van der Waals surface area contributed by atoms with Crippen LogP contribution in [0.25, 0.3) is 0 Å². The van der Waals surface area contributed by atoms with Crippen molar-refractivity contribution >= 4 is 21.5 Å². The van der Waals surface area contributed by atoms with Crippen LogP contribution in [-0.2, 0) is 25.1 Å². The predicted octanol–water partition coefficient (Wildman–Crippen LogP) is 0.755. The molecule has 1 rings (SSSR count).